The van der Waals surface area contributed by atoms with Crippen molar-refractivity contribution in [3.8, 4) is 11.5 Å². The smallest absolute Gasteiger partial charge is 0.145 e. The highest BCUT2D eigenvalue weighted by atomic mass is 19.1. The van der Waals surface area contributed by atoms with Crippen molar-refractivity contribution in [1.29, 1.82) is 0 Å². The van der Waals surface area contributed by atoms with E-state index in [0.717, 1.165) is 12.1 Å². The van der Waals surface area contributed by atoms with Crippen molar-refractivity contribution in [2.75, 3.05) is 0 Å². The molecule has 0 bridgehead atoms. The van der Waals surface area contributed by atoms with Gasteiger partial charge in [-0.05, 0) is 49.2 Å². The third kappa shape index (κ3) is 3.29. The van der Waals surface area contributed by atoms with Gasteiger partial charge in [-0.2, -0.15) is 0 Å². The lowest BCUT2D eigenvalue weighted by molar-refractivity contribution is 0.476. The number of halogens is 1. The molecule has 1 heterocycles. The molecule has 2 rings (SSSR count). The van der Waals surface area contributed by atoms with Crippen LogP contribution in [-0.4, -0.2) is 4.98 Å². The van der Waals surface area contributed by atoms with E-state index in [1.165, 1.54) is 6.07 Å². The van der Waals surface area contributed by atoms with Gasteiger partial charge >= 0.3 is 0 Å². The van der Waals surface area contributed by atoms with Crippen molar-refractivity contribution in [2.45, 2.75) is 26.3 Å². The maximum Gasteiger partial charge on any atom is 0.145 e. The van der Waals surface area contributed by atoms with Crippen LogP contribution in [0, 0.1) is 12.7 Å². The van der Waals surface area contributed by atoms with Crippen LogP contribution in [-0.2, 0) is 0 Å². The first kappa shape index (κ1) is 13.5. The zero-order valence-electron chi connectivity index (χ0n) is 11.1. The van der Waals surface area contributed by atoms with E-state index in [1.807, 2.05) is 19.1 Å². The lowest BCUT2D eigenvalue weighted by atomic mass is 10.1. The molecule has 0 spiro atoms. The fourth-order valence-electron chi connectivity index (χ4n) is 1.70. The summed E-state index contributed by atoms with van der Waals surface area (Å²) < 4.78 is 18.7. The van der Waals surface area contributed by atoms with Crippen molar-refractivity contribution < 1.29 is 9.13 Å². The third-order valence-electron chi connectivity index (χ3n) is 2.94. The van der Waals surface area contributed by atoms with E-state index in [4.69, 9.17) is 10.5 Å². The summed E-state index contributed by atoms with van der Waals surface area (Å²) in [5.41, 5.74) is 7.28. The fourth-order valence-corrected chi connectivity index (χ4v) is 1.70. The molecule has 0 amide bonds. The van der Waals surface area contributed by atoms with Crippen LogP contribution < -0.4 is 10.5 Å². The predicted molar refractivity (Wildman–Crippen MR) is 72.7 cm³/mol. The number of hydrogen-bond acceptors (Lipinski definition) is 3. The molecule has 4 heteroatoms. The Bertz CT molecular complexity index is 555. The summed E-state index contributed by atoms with van der Waals surface area (Å²) in [5.74, 6) is 0.959. The largest absolute Gasteiger partial charge is 0.456 e. The van der Waals surface area contributed by atoms with Gasteiger partial charge in [0.2, 0.25) is 0 Å². The zero-order chi connectivity index (χ0) is 13.8. The van der Waals surface area contributed by atoms with Crippen LogP contribution in [0.15, 0.2) is 36.5 Å². The van der Waals surface area contributed by atoms with Crippen LogP contribution in [0.25, 0.3) is 0 Å². The first-order chi connectivity index (χ1) is 9.10. The topological polar surface area (TPSA) is 48.1 Å². The van der Waals surface area contributed by atoms with E-state index in [1.54, 1.807) is 25.3 Å². The van der Waals surface area contributed by atoms with Gasteiger partial charge in [0.1, 0.15) is 17.3 Å². The van der Waals surface area contributed by atoms with Gasteiger partial charge in [0.15, 0.2) is 0 Å². The molecule has 1 aromatic carbocycles. The van der Waals surface area contributed by atoms with Crippen molar-refractivity contribution >= 4 is 0 Å². The monoisotopic (exact) mass is 260 g/mol. The normalized spacial score (nSPS) is 12.2. The standard InChI is InChI=1S/C15H17FN2O/c1-3-14(17)15-7-5-12(9-18-15)19-11-4-6-13(16)10(2)8-11/h4-9,14H,3,17H2,1-2H3. The van der Waals surface area contributed by atoms with E-state index >= 15 is 0 Å². The van der Waals surface area contributed by atoms with Crippen molar-refractivity contribution in [2.24, 2.45) is 5.73 Å². The molecule has 1 aromatic heterocycles. The summed E-state index contributed by atoms with van der Waals surface area (Å²) in [4.78, 5) is 4.26. The number of benzene rings is 1. The second-order valence-corrected chi connectivity index (χ2v) is 4.45. The molecule has 0 aliphatic heterocycles. The molecule has 0 saturated carbocycles. The van der Waals surface area contributed by atoms with Gasteiger partial charge in [-0.15, -0.1) is 0 Å². The molecule has 0 aliphatic rings. The molecule has 0 fully saturated rings. The number of aromatic nitrogens is 1. The van der Waals surface area contributed by atoms with Crippen LogP contribution in [0.4, 0.5) is 4.39 Å². The average molecular weight is 260 g/mol. The van der Waals surface area contributed by atoms with Gasteiger partial charge in [0, 0.05) is 6.04 Å². The molecule has 1 atom stereocenters. The van der Waals surface area contributed by atoms with E-state index in [-0.39, 0.29) is 11.9 Å². The Morgan fingerprint density at radius 2 is 2.00 bits per heavy atom. The Balaban J connectivity index is 2.12. The van der Waals surface area contributed by atoms with Gasteiger partial charge in [-0.1, -0.05) is 6.92 Å². The molecular weight excluding hydrogens is 243 g/mol. The summed E-state index contributed by atoms with van der Waals surface area (Å²) in [6.45, 7) is 3.71. The number of ether oxygens (including phenoxy) is 1. The number of nitrogens with zero attached hydrogens (tertiary/aromatic N) is 1. The highest BCUT2D eigenvalue weighted by molar-refractivity contribution is 5.33. The summed E-state index contributed by atoms with van der Waals surface area (Å²) in [6.07, 6.45) is 2.47. The summed E-state index contributed by atoms with van der Waals surface area (Å²) in [5, 5.41) is 0. The van der Waals surface area contributed by atoms with Crippen LogP contribution in [0.5, 0.6) is 11.5 Å². The van der Waals surface area contributed by atoms with Crippen molar-refractivity contribution in [3.05, 3.63) is 53.6 Å². The van der Waals surface area contributed by atoms with Crippen LogP contribution in [0.1, 0.15) is 30.6 Å². The minimum atomic E-state index is -0.241. The maximum atomic E-state index is 13.1. The maximum absolute atomic E-state index is 13.1. The minimum absolute atomic E-state index is 0.0536. The molecule has 0 radical (unpaired) electrons. The van der Waals surface area contributed by atoms with Crippen LogP contribution in [0.3, 0.4) is 0 Å². The van der Waals surface area contributed by atoms with Crippen molar-refractivity contribution in [3.63, 3.8) is 0 Å². The predicted octanol–water partition coefficient (Wildman–Crippen LogP) is 3.73. The molecule has 0 aliphatic carbocycles. The van der Waals surface area contributed by atoms with Gasteiger partial charge in [-0.25, -0.2) is 4.39 Å². The Hall–Kier alpha value is -1.94. The van der Waals surface area contributed by atoms with Crippen LogP contribution >= 0.6 is 0 Å². The summed E-state index contributed by atoms with van der Waals surface area (Å²) in [7, 11) is 0. The molecule has 100 valence electrons. The number of nitrogens with two attached hydrogens (primary N) is 1. The quantitative estimate of drug-likeness (QED) is 0.911. The van der Waals surface area contributed by atoms with E-state index in [2.05, 4.69) is 4.98 Å². The summed E-state index contributed by atoms with van der Waals surface area (Å²) in [6, 6.07) is 8.24. The number of pyridine rings is 1. The average Bonchev–Trinajstić information content (AvgIpc) is 2.43. The number of aryl methyl sites for hydroxylation is 1. The van der Waals surface area contributed by atoms with Gasteiger partial charge < -0.3 is 10.5 Å². The Morgan fingerprint density at radius 1 is 1.26 bits per heavy atom. The fraction of sp³-hybridized carbons (Fsp3) is 0.267. The van der Waals surface area contributed by atoms with E-state index in [0.29, 0.717) is 17.1 Å². The van der Waals surface area contributed by atoms with Gasteiger partial charge in [0.25, 0.3) is 0 Å². The lowest BCUT2D eigenvalue weighted by Gasteiger charge is -2.10. The molecule has 19 heavy (non-hydrogen) atoms. The van der Waals surface area contributed by atoms with Crippen LogP contribution in [0.2, 0.25) is 0 Å². The Kier molecular flexibility index (Phi) is 4.12. The van der Waals surface area contributed by atoms with Gasteiger partial charge in [0.05, 0.1) is 11.9 Å². The number of hydrogen-bond donors (Lipinski definition) is 1. The first-order valence-electron chi connectivity index (χ1n) is 6.25. The molecule has 2 aromatic rings. The zero-order valence-corrected chi connectivity index (χ0v) is 11.1. The second kappa shape index (κ2) is 5.80. The highest BCUT2D eigenvalue weighted by Gasteiger charge is 2.06. The summed E-state index contributed by atoms with van der Waals surface area (Å²) >= 11 is 0. The number of rotatable bonds is 4. The van der Waals surface area contributed by atoms with Gasteiger partial charge in [-0.3, -0.25) is 4.98 Å². The Morgan fingerprint density at radius 3 is 2.58 bits per heavy atom. The lowest BCUT2D eigenvalue weighted by Crippen LogP contribution is -2.10. The molecule has 0 saturated heterocycles. The minimum Gasteiger partial charge on any atom is -0.456 e. The SMILES string of the molecule is CCC(N)c1ccc(Oc2ccc(F)c(C)c2)cn1. The molecule has 1 unspecified atom stereocenters. The second-order valence-electron chi connectivity index (χ2n) is 4.45. The van der Waals surface area contributed by atoms with E-state index in [9.17, 15) is 4.39 Å². The first-order valence-corrected chi connectivity index (χ1v) is 6.25. The molecular formula is C15H17FN2O. The third-order valence-corrected chi connectivity index (χ3v) is 2.94. The molecule has 2 N–H and O–H groups in total. The highest BCUT2D eigenvalue weighted by Crippen LogP contribution is 2.23. The molecule has 3 nitrogen and oxygen atoms in total. The van der Waals surface area contributed by atoms with Crippen molar-refractivity contribution in [1.82, 2.24) is 4.98 Å². The Labute approximate surface area is 112 Å². The van der Waals surface area contributed by atoms with E-state index < -0.39 is 0 Å².